The topological polar surface area (TPSA) is 84.2 Å². The summed E-state index contributed by atoms with van der Waals surface area (Å²) in [5.74, 6) is -0.428. The van der Waals surface area contributed by atoms with Gasteiger partial charge in [-0.1, -0.05) is 0 Å². The molecule has 0 spiro atoms. The van der Waals surface area contributed by atoms with Crippen molar-refractivity contribution in [1.82, 2.24) is 9.47 Å². The molecule has 3 aromatic rings. The predicted molar refractivity (Wildman–Crippen MR) is 171 cm³/mol. The second-order valence-corrected chi connectivity index (χ2v) is 24.7. The predicted octanol–water partition coefficient (Wildman–Crippen LogP) is 2.24. The van der Waals surface area contributed by atoms with E-state index in [0.29, 0.717) is 31.0 Å². The number of ether oxygens (including phenoxy) is 2. The Balaban J connectivity index is 1.44. The number of rotatable bonds is 13. The summed E-state index contributed by atoms with van der Waals surface area (Å²) in [5, 5.41) is 10.6. The molecule has 5 rings (SSSR count). The number of carbonyl (C=O) groups excluding carboxylic acids is 1. The molecule has 0 bridgehead atoms. The number of carboxylic acids is 1. The van der Waals surface area contributed by atoms with Gasteiger partial charge in [-0.25, -0.2) is 0 Å². The second-order valence-electron chi connectivity index (χ2n) is 12.9. The number of likely N-dealkylation sites (tertiary alicyclic amines) is 1. The molecule has 0 saturated carbocycles. The van der Waals surface area contributed by atoms with Gasteiger partial charge < -0.3 is 14.0 Å². The summed E-state index contributed by atoms with van der Waals surface area (Å²) in [7, 11) is 2.01. The molecule has 44 heavy (non-hydrogen) atoms. The van der Waals surface area contributed by atoms with Crippen molar-refractivity contribution in [2.45, 2.75) is 49.0 Å². The fraction of sp³-hybridized carbons (Fsp3) is 0.486. The minimum atomic E-state index is -1.77. The van der Waals surface area contributed by atoms with E-state index in [1.807, 2.05) is 48.5 Å². The number of aromatic nitrogens is 1. The van der Waals surface area contributed by atoms with Gasteiger partial charge in [0.15, 0.2) is 11.5 Å². The van der Waals surface area contributed by atoms with E-state index >= 15 is 0 Å². The first-order valence-electron chi connectivity index (χ1n) is 15.4. The maximum atomic E-state index is 14.2. The molecule has 3 atom stereocenters. The van der Waals surface area contributed by atoms with E-state index in [1.54, 1.807) is 0 Å². The summed E-state index contributed by atoms with van der Waals surface area (Å²) in [4.78, 5) is 38.4. The molecule has 1 saturated heterocycles. The third-order valence-corrected chi connectivity index (χ3v) is 11.9. The zero-order chi connectivity index (χ0) is 31.4. The molecule has 3 heterocycles. The van der Waals surface area contributed by atoms with Gasteiger partial charge in [0.2, 0.25) is 6.79 Å². The quantitative estimate of drug-likeness (QED) is 0.216. The summed E-state index contributed by atoms with van der Waals surface area (Å²) >= 11 is -1.77. The first kappa shape index (κ1) is 32.3. The van der Waals surface area contributed by atoms with E-state index in [0.717, 1.165) is 40.6 Å². The number of aryl methyl sites for hydroxylation is 2. The molecule has 0 radical (unpaired) electrons. The standard InChI is InChI=1S/C35H47IN3O5/c1-6-7-18-39(28-11-8-10-25(19-28)21-36(2,3)4)33(40)23-38-22-29(26-13-16-31-32(20-26)44-24-43-31)34(35(41)42)30(38)15-14-27-12-9-17-37(27)5/h8-13,16-17,19-20,29-30,34H,6-7,14-15,18,21-24H2,1-5H3,(H,41,42)/q-1/t29-,30+,34-/m1/s1. The van der Waals surface area contributed by atoms with Crippen LogP contribution in [0.15, 0.2) is 60.8 Å². The Morgan fingerprint density at radius 1 is 1.05 bits per heavy atom. The molecular formula is C35H47IN3O5-. The van der Waals surface area contributed by atoms with Crippen molar-refractivity contribution in [3.8, 4) is 11.5 Å². The number of fused-ring (bicyclic) bond motifs is 1. The fourth-order valence-electron chi connectivity index (χ4n) is 6.63. The van der Waals surface area contributed by atoms with Crippen molar-refractivity contribution < 1.29 is 42.6 Å². The van der Waals surface area contributed by atoms with Gasteiger partial charge in [-0.3, -0.25) is 0 Å². The van der Waals surface area contributed by atoms with Gasteiger partial charge in [0, 0.05) is 13.2 Å². The average Bonchev–Trinajstić information content (AvgIpc) is 3.69. The zero-order valence-electron chi connectivity index (χ0n) is 26.7. The van der Waals surface area contributed by atoms with Gasteiger partial charge in [0.25, 0.3) is 0 Å². The first-order chi connectivity index (χ1) is 21.0. The molecular weight excluding hydrogens is 669 g/mol. The van der Waals surface area contributed by atoms with Crippen molar-refractivity contribution in [2.24, 2.45) is 13.0 Å². The number of hydrogen-bond donors (Lipinski definition) is 1. The van der Waals surface area contributed by atoms with Crippen molar-refractivity contribution >= 4 is 17.6 Å². The van der Waals surface area contributed by atoms with Gasteiger partial charge in [-0.05, 0) is 18.2 Å². The van der Waals surface area contributed by atoms with Gasteiger partial charge >= 0.3 is 203 Å². The van der Waals surface area contributed by atoms with Crippen LogP contribution < -0.4 is 32.8 Å². The van der Waals surface area contributed by atoms with Crippen LogP contribution in [0, 0.1) is 5.92 Å². The summed E-state index contributed by atoms with van der Waals surface area (Å²) in [6.45, 7) is 3.61. The Labute approximate surface area is 265 Å². The van der Waals surface area contributed by atoms with Crippen molar-refractivity contribution in [3.63, 3.8) is 0 Å². The molecule has 1 amide bonds. The average molecular weight is 717 g/mol. The zero-order valence-corrected chi connectivity index (χ0v) is 28.8. The molecule has 1 aromatic heterocycles. The van der Waals surface area contributed by atoms with Crippen LogP contribution in [0.25, 0.3) is 0 Å². The molecule has 0 aliphatic carbocycles. The van der Waals surface area contributed by atoms with Gasteiger partial charge in [-0.15, -0.1) is 0 Å². The van der Waals surface area contributed by atoms with Crippen LogP contribution in [-0.4, -0.2) is 73.7 Å². The Bertz CT molecular complexity index is 1460. The molecule has 9 heteroatoms. The third-order valence-electron chi connectivity index (χ3n) is 8.76. The van der Waals surface area contributed by atoms with Crippen LogP contribution in [0.4, 0.5) is 5.69 Å². The van der Waals surface area contributed by atoms with Crippen LogP contribution in [0.2, 0.25) is 0 Å². The monoisotopic (exact) mass is 716 g/mol. The van der Waals surface area contributed by atoms with E-state index in [-0.39, 0.29) is 31.2 Å². The molecule has 2 aliphatic rings. The number of amides is 1. The first-order valence-corrected chi connectivity index (χ1v) is 23.4. The van der Waals surface area contributed by atoms with Crippen molar-refractivity contribution in [3.05, 3.63) is 77.6 Å². The van der Waals surface area contributed by atoms with E-state index < -0.39 is 30.3 Å². The normalized spacial score (nSPS) is 20.2. The molecule has 240 valence electrons. The second kappa shape index (κ2) is 13.9. The number of halogens is 1. The Hall–Kier alpha value is -3.05. The van der Waals surface area contributed by atoms with Crippen LogP contribution in [-0.2, 0) is 27.5 Å². The molecule has 1 N–H and O–H groups in total. The van der Waals surface area contributed by atoms with Crippen molar-refractivity contribution in [2.75, 3.05) is 46.1 Å². The summed E-state index contributed by atoms with van der Waals surface area (Å²) < 4.78 is 14.3. The van der Waals surface area contributed by atoms with Crippen LogP contribution in [0.3, 0.4) is 0 Å². The van der Waals surface area contributed by atoms with E-state index in [2.05, 4.69) is 55.4 Å². The molecule has 8 nitrogen and oxygen atoms in total. The fourth-order valence-corrected chi connectivity index (χ4v) is 9.75. The number of unbranched alkanes of at least 4 members (excludes halogenated alkanes) is 1. The summed E-state index contributed by atoms with van der Waals surface area (Å²) in [6, 6.07) is 18.0. The number of carboxylic acid groups (broad SMARTS) is 1. The number of carbonyl (C=O) groups is 2. The Kier molecular flexibility index (Phi) is 10.2. The van der Waals surface area contributed by atoms with Crippen molar-refractivity contribution in [1.29, 1.82) is 0 Å². The number of aliphatic carboxylic acids is 1. The molecule has 2 aromatic carbocycles. The SMILES string of the molecule is CCCCN(C(=O)CN1C[C@H](c2ccc3c(c2)OCO3)[C@@H](C(=O)O)[C@@H]1CCc1cccn1C)c1cccc(C[I-](C)(C)C)c1. The van der Waals surface area contributed by atoms with Crippen LogP contribution in [0.1, 0.15) is 48.9 Å². The molecule has 1 fully saturated rings. The minimum absolute atomic E-state index is 0.0200. The summed E-state index contributed by atoms with van der Waals surface area (Å²) in [6.07, 6.45) is 5.27. The van der Waals surface area contributed by atoms with E-state index in [4.69, 9.17) is 9.47 Å². The summed E-state index contributed by atoms with van der Waals surface area (Å²) in [5.41, 5.74) is 4.28. The Morgan fingerprint density at radius 2 is 1.84 bits per heavy atom. The number of anilines is 1. The number of alkyl halides is 4. The maximum absolute atomic E-state index is 14.2. The molecule has 0 unspecified atom stereocenters. The Morgan fingerprint density at radius 3 is 2.55 bits per heavy atom. The third kappa shape index (κ3) is 7.59. The van der Waals surface area contributed by atoms with Gasteiger partial charge in [0.05, 0.1) is 0 Å². The van der Waals surface area contributed by atoms with Crippen LogP contribution >= 0.6 is 0 Å². The number of hydrogen-bond acceptors (Lipinski definition) is 5. The molecule has 2 aliphatic heterocycles. The van der Waals surface area contributed by atoms with Crippen LogP contribution in [0.5, 0.6) is 11.5 Å². The van der Waals surface area contributed by atoms with Gasteiger partial charge in [-0.2, -0.15) is 0 Å². The van der Waals surface area contributed by atoms with E-state index in [1.165, 1.54) is 5.56 Å². The van der Waals surface area contributed by atoms with Gasteiger partial charge in [0.1, 0.15) is 0 Å². The number of nitrogens with zero attached hydrogens (tertiary/aromatic N) is 3. The van der Waals surface area contributed by atoms with E-state index in [9.17, 15) is 14.7 Å². The number of benzene rings is 2.